The second-order valence-corrected chi connectivity index (χ2v) is 8.43. The highest BCUT2D eigenvalue weighted by molar-refractivity contribution is 5.93. The Labute approximate surface area is 191 Å². The van der Waals surface area contributed by atoms with Crippen molar-refractivity contribution in [1.29, 1.82) is 0 Å². The average Bonchev–Trinajstić information content (AvgIpc) is 3.13. The van der Waals surface area contributed by atoms with Crippen LogP contribution in [0.3, 0.4) is 0 Å². The van der Waals surface area contributed by atoms with E-state index in [9.17, 15) is 9.18 Å². The summed E-state index contributed by atoms with van der Waals surface area (Å²) in [6.45, 7) is 2.87. The number of aromatic nitrogens is 2. The van der Waals surface area contributed by atoms with Crippen LogP contribution in [0, 0.1) is 5.82 Å². The maximum atomic E-state index is 13.8. The van der Waals surface area contributed by atoms with Crippen LogP contribution < -0.4 is 5.73 Å². The van der Waals surface area contributed by atoms with Crippen LogP contribution in [0.2, 0.25) is 0 Å². The van der Waals surface area contributed by atoms with Crippen LogP contribution in [0.25, 0.3) is 22.0 Å². The second-order valence-electron chi connectivity index (χ2n) is 8.43. The molecule has 2 aromatic heterocycles. The Kier molecular flexibility index (Phi) is 5.66. The van der Waals surface area contributed by atoms with E-state index in [1.807, 2.05) is 48.1 Å². The fourth-order valence-electron chi connectivity index (χ4n) is 4.43. The Balaban J connectivity index is 1.30. The van der Waals surface area contributed by atoms with Crippen LogP contribution in [-0.4, -0.2) is 40.1 Å². The molecule has 2 aromatic carbocycles. The van der Waals surface area contributed by atoms with Crippen LogP contribution in [0.15, 0.2) is 67.0 Å². The number of pyridine rings is 1. The number of carbonyl (C=O) groups is 1. The summed E-state index contributed by atoms with van der Waals surface area (Å²) in [7, 11) is 1.98. The molecule has 33 heavy (non-hydrogen) atoms. The molecule has 5 rings (SSSR count). The van der Waals surface area contributed by atoms with Crippen LogP contribution in [-0.2, 0) is 18.3 Å². The summed E-state index contributed by atoms with van der Waals surface area (Å²) < 4.78 is 21.9. The standard InChI is InChI=1S/C26H25FN4O2/c1-30-14-20(22-12-21(27)7-9-24(22)30)15-31-10-11-33-25(16-31)23-8-6-19(13-29-23)17-2-4-18(5-3-17)26(28)32/h2-9,12-14,25H,10-11,15-16H2,1H3,(H2,28,32)/t25-/m1/s1. The van der Waals surface area contributed by atoms with E-state index in [1.54, 1.807) is 18.2 Å². The molecule has 7 heteroatoms. The van der Waals surface area contributed by atoms with Crippen molar-refractivity contribution in [2.24, 2.45) is 12.8 Å². The number of ether oxygens (including phenoxy) is 1. The first-order valence-electron chi connectivity index (χ1n) is 10.9. The van der Waals surface area contributed by atoms with E-state index in [-0.39, 0.29) is 11.9 Å². The average molecular weight is 445 g/mol. The van der Waals surface area contributed by atoms with Gasteiger partial charge in [0.1, 0.15) is 11.9 Å². The predicted octanol–water partition coefficient (Wildman–Crippen LogP) is 4.05. The van der Waals surface area contributed by atoms with Crippen molar-refractivity contribution in [2.75, 3.05) is 19.7 Å². The van der Waals surface area contributed by atoms with Gasteiger partial charge in [-0.05, 0) is 47.5 Å². The molecule has 1 saturated heterocycles. The highest BCUT2D eigenvalue weighted by Gasteiger charge is 2.24. The summed E-state index contributed by atoms with van der Waals surface area (Å²) in [4.78, 5) is 18.2. The van der Waals surface area contributed by atoms with Gasteiger partial charge >= 0.3 is 0 Å². The molecule has 1 aliphatic heterocycles. The molecule has 0 radical (unpaired) electrons. The van der Waals surface area contributed by atoms with Gasteiger partial charge in [-0.1, -0.05) is 18.2 Å². The molecule has 1 aliphatic rings. The first-order chi connectivity index (χ1) is 16.0. The van der Waals surface area contributed by atoms with Gasteiger partial charge in [-0.2, -0.15) is 0 Å². The summed E-state index contributed by atoms with van der Waals surface area (Å²) in [5, 5.41) is 0.949. The van der Waals surface area contributed by atoms with Crippen molar-refractivity contribution < 1.29 is 13.9 Å². The molecule has 0 saturated carbocycles. The van der Waals surface area contributed by atoms with E-state index in [2.05, 4.69) is 16.1 Å². The molecule has 0 aliphatic carbocycles. The number of carbonyl (C=O) groups excluding carboxylic acids is 1. The smallest absolute Gasteiger partial charge is 0.248 e. The Morgan fingerprint density at radius 2 is 1.94 bits per heavy atom. The van der Waals surface area contributed by atoms with Gasteiger partial charge < -0.3 is 15.0 Å². The SMILES string of the molecule is Cn1cc(CN2CCO[C@@H](c3ccc(-c4ccc(C(N)=O)cc4)cn3)C2)c2cc(F)ccc21. The van der Waals surface area contributed by atoms with Crippen molar-refractivity contribution in [2.45, 2.75) is 12.6 Å². The van der Waals surface area contributed by atoms with Gasteiger partial charge in [0.15, 0.2) is 0 Å². The third kappa shape index (κ3) is 4.37. The van der Waals surface area contributed by atoms with E-state index in [0.717, 1.165) is 46.4 Å². The third-order valence-corrected chi connectivity index (χ3v) is 6.20. The molecular weight excluding hydrogens is 419 g/mol. The van der Waals surface area contributed by atoms with E-state index in [4.69, 9.17) is 10.5 Å². The zero-order chi connectivity index (χ0) is 22.9. The predicted molar refractivity (Wildman–Crippen MR) is 125 cm³/mol. The monoisotopic (exact) mass is 444 g/mol. The molecule has 168 valence electrons. The van der Waals surface area contributed by atoms with Crippen molar-refractivity contribution in [3.05, 3.63) is 89.6 Å². The number of primary amides is 1. The van der Waals surface area contributed by atoms with Crippen molar-refractivity contribution in [3.8, 4) is 11.1 Å². The number of hydrogen-bond acceptors (Lipinski definition) is 4. The molecule has 4 aromatic rings. The van der Waals surface area contributed by atoms with E-state index < -0.39 is 5.91 Å². The first kappa shape index (κ1) is 21.3. The summed E-state index contributed by atoms with van der Waals surface area (Å²) in [6, 6.07) is 16.1. The fraction of sp³-hybridized carbons (Fsp3) is 0.231. The largest absolute Gasteiger partial charge is 0.369 e. The lowest BCUT2D eigenvalue weighted by Gasteiger charge is -2.32. The Morgan fingerprint density at radius 1 is 1.15 bits per heavy atom. The van der Waals surface area contributed by atoms with Gasteiger partial charge in [-0.15, -0.1) is 0 Å². The molecule has 0 bridgehead atoms. The van der Waals surface area contributed by atoms with Crippen LogP contribution in [0.5, 0.6) is 0 Å². The summed E-state index contributed by atoms with van der Waals surface area (Å²) in [5.74, 6) is -0.661. The molecule has 0 spiro atoms. The number of nitrogens with two attached hydrogens (primary N) is 1. The molecule has 1 atom stereocenters. The van der Waals surface area contributed by atoms with Gasteiger partial charge in [0.2, 0.25) is 5.91 Å². The summed E-state index contributed by atoms with van der Waals surface area (Å²) in [5.41, 5.74) is 10.7. The van der Waals surface area contributed by atoms with Crippen molar-refractivity contribution >= 4 is 16.8 Å². The van der Waals surface area contributed by atoms with Crippen molar-refractivity contribution in [1.82, 2.24) is 14.5 Å². The van der Waals surface area contributed by atoms with Gasteiger partial charge in [-0.3, -0.25) is 14.7 Å². The Hall–Kier alpha value is -3.55. The van der Waals surface area contributed by atoms with Crippen molar-refractivity contribution in [3.63, 3.8) is 0 Å². The number of morpholine rings is 1. The number of benzene rings is 2. The number of rotatable bonds is 5. The molecular formula is C26H25FN4O2. The summed E-state index contributed by atoms with van der Waals surface area (Å²) in [6.07, 6.45) is 3.77. The second kappa shape index (κ2) is 8.77. The van der Waals surface area contributed by atoms with Gasteiger partial charge in [0, 0.05) is 61.1 Å². The van der Waals surface area contributed by atoms with Gasteiger partial charge in [-0.25, -0.2) is 4.39 Å². The highest BCUT2D eigenvalue weighted by atomic mass is 19.1. The maximum Gasteiger partial charge on any atom is 0.248 e. The molecule has 0 unspecified atom stereocenters. The Bertz CT molecular complexity index is 1300. The molecule has 2 N–H and O–H groups in total. The minimum absolute atomic E-state index is 0.128. The molecule has 1 fully saturated rings. The van der Waals surface area contributed by atoms with Gasteiger partial charge in [0.05, 0.1) is 12.3 Å². The maximum absolute atomic E-state index is 13.8. The minimum atomic E-state index is -0.442. The lowest BCUT2D eigenvalue weighted by Crippen LogP contribution is -2.38. The number of amides is 1. The number of hydrogen-bond donors (Lipinski definition) is 1. The van der Waals surface area contributed by atoms with Gasteiger partial charge in [0.25, 0.3) is 0 Å². The molecule has 3 heterocycles. The van der Waals surface area contributed by atoms with Crippen LogP contribution in [0.4, 0.5) is 4.39 Å². The fourth-order valence-corrected chi connectivity index (χ4v) is 4.43. The third-order valence-electron chi connectivity index (χ3n) is 6.20. The lowest BCUT2D eigenvalue weighted by molar-refractivity contribution is -0.0348. The van der Waals surface area contributed by atoms with E-state index in [1.165, 1.54) is 6.07 Å². The number of nitrogens with zero attached hydrogens (tertiary/aromatic N) is 3. The zero-order valence-corrected chi connectivity index (χ0v) is 18.4. The zero-order valence-electron chi connectivity index (χ0n) is 18.4. The number of halogens is 1. The summed E-state index contributed by atoms with van der Waals surface area (Å²) >= 11 is 0. The first-order valence-corrected chi connectivity index (χ1v) is 10.9. The topological polar surface area (TPSA) is 73.4 Å². The van der Waals surface area contributed by atoms with Crippen LogP contribution >= 0.6 is 0 Å². The minimum Gasteiger partial charge on any atom is -0.369 e. The number of fused-ring (bicyclic) bond motifs is 1. The highest BCUT2D eigenvalue weighted by Crippen LogP contribution is 2.27. The van der Waals surface area contributed by atoms with Crippen LogP contribution in [0.1, 0.15) is 27.7 Å². The molecule has 1 amide bonds. The number of aryl methyl sites for hydroxylation is 1. The Morgan fingerprint density at radius 3 is 2.67 bits per heavy atom. The van der Waals surface area contributed by atoms with E-state index in [0.29, 0.717) is 18.7 Å². The lowest BCUT2D eigenvalue weighted by atomic mass is 10.0. The quantitative estimate of drug-likeness (QED) is 0.504. The molecule has 6 nitrogen and oxygen atoms in total. The normalized spacial score (nSPS) is 16.8. The van der Waals surface area contributed by atoms with E-state index >= 15 is 0 Å².